The highest BCUT2D eigenvalue weighted by Gasteiger charge is 2.24. The number of nitrogens with zero attached hydrogens (tertiary/aromatic N) is 1. The molecular weight excluding hydrogens is 256 g/mol. The molecule has 1 aromatic heterocycles. The van der Waals surface area contributed by atoms with E-state index >= 15 is 0 Å². The molecule has 0 saturated carbocycles. The standard InChI is InChI=1S/C11H13ClN4O2/c1-13-9-3-7(8(12)5-14-9)11(18)16-6-2-10(17)15-4-6/h3,5-6H,2,4H2,1H3,(H,13,14)(H,15,17)(H,16,18). The number of amides is 2. The van der Waals surface area contributed by atoms with Crippen LogP contribution in [0.3, 0.4) is 0 Å². The lowest BCUT2D eigenvalue weighted by Crippen LogP contribution is -2.36. The molecule has 18 heavy (non-hydrogen) atoms. The highest BCUT2D eigenvalue weighted by molar-refractivity contribution is 6.33. The van der Waals surface area contributed by atoms with Crippen LogP contribution < -0.4 is 16.0 Å². The SMILES string of the molecule is CNc1cc(C(=O)NC2CNC(=O)C2)c(Cl)cn1. The number of aromatic nitrogens is 1. The van der Waals surface area contributed by atoms with Crippen molar-refractivity contribution in [3.8, 4) is 0 Å². The van der Waals surface area contributed by atoms with Crippen molar-refractivity contribution >= 4 is 29.2 Å². The van der Waals surface area contributed by atoms with E-state index in [-0.39, 0.29) is 22.9 Å². The van der Waals surface area contributed by atoms with E-state index in [2.05, 4.69) is 20.9 Å². The number of rotatable bonds is 3. The lowest BCUT2D eigenvalue weighted by atomic mass is 10.2. The van der Waals surface area contributed by atoms with Gasteiger partial charge in [0.1, 0.15) is 5.82 Å². The third-order valence-electron chi connectivity index (χ3n) is 2.67. The lowest BCUT2D eigenvalue weighted by Gasteiger charge is -2.12. The van der Waals surface area contributed by atoms with Crippen molar-refractivity contribution in [2.45, 2.75) is 12.5 Å². The predicted molar refractivity (Wildman–Crippen MR) is 67.7 cm³/mol. The van der Waals surface area contributed by atoms with E-state index in [0.717, 1.165) is 0 Å². The molecule has 3 N–H and O–H groups in total. The van der Waals surface area contributed by atoms with E-state index in [1.165, 1.54) is 6.20 Å². The minimum Gasteiger partial charge on any atom is -0.373 e. The van der Waals surface area contributed by atoms with E-state index < -0.39 is 0 Å². The molecule has 1 aromatic rings. The Balaban J connectivity index is 2.10. The van der Waals surface area contributed by atoms with Gasteiger partial charge in [0.25, 0.3) is 5.91 Å². The summed E-state index contributed by atoms with van der Waals surface area (Å²) in [5.41, 5.74) is 0.343. The van der Waals surface area contributed by atoms with Crippen molar-refractivity contribution in [2.75, 3.05) is 18.9 Å². The summed E-state index contributed by atoms with van der Waals surface area (Å²) in [4.78, 5) is 27.0. The van der Waals surface area contributed by atoms with Crippen LogP contribution in [0.5, 0.6) is 0 Å². The molecule has 1 fully saturated rings. The number of anilines is 1. The van der Waals surface area contributed by atoms with Gasteiger partial charge in [-0.25, -0.2) is 4.98 Å². The van der Waals surface area contributed by atoms with Crippen LogP contribution in [-0.2, 0) is 4.79 Å². The first kappa shape index (κ1) is 12.6. The molecule has 1 atom stereocenters. The second-order valence-corrected chi connectivity index (χ2v) is 4.39. The first-order valence-corrected chi connectivity index (χ1v) is 5.89. The Morgan fingerprint density at radius 1 is 1.61 bits per heavy atom. The van der Waals surface area contributed by atoms with E-state index in [4.69, 9.17) is 11.6 Å². The van der Waals surface area contributed by atoms with Gasteiger partial charge in [0.15, 0.2) is 0 Å². The topological polar surface area (TPSA) is 83.1 Å². The van der Waals surface area contributed by atoms with Crippen LogP contribution in [0.25, 0.3) is 0 Å². The Morgan fingerprint density at radius 3 is 3.00 bits per heavy atom. The monoisotopic (exact) mass is 268 g/mol. The molecule has 1 unspecified atom stereocenters. The minimum absolute atomic E-state index is 0.0583. The third-order valence-corrected chi connectivity index (χ3v) is 2.97. The highest BCUT2D eigenvalue weighted by Crippen LogP contribution is 2.18. The maximum absolute atomic E-state index is 12.0. The van der Waals surface area contributed by atoms with Gasteiger partial charge in [0.05, 0.1) is 16.6 Å². The van der Waals surface area contributed by atoms with Crippen molar-refractivity contribution in [3.63, 3.8) is 0 Å². The molecule has 96 valence electrons. The van der Waals surface area contributed by atoms with Gasteiger partial charge in [-0.1, -0.05) is 11.6 Å². The van der Waals surface area contributed by atoms with Gasteiger partial charge in [-0.15, -0.1) is 0 Å². The van der Waals surface area contributed by atoms with Crippen LogP contribution >= 0.6 is 11.6 Å². The summed E-state index contributed by atoms with van der Waals surface area (Å²) >= 11 is 5.93. The van der Waals surface area contributed by atoms with Gasteiger partial charge >= 0.3 is 0 Å². The van der Waals surface area contributed by atoms with Gasteiger partial charge < -0.3 is 16.0 Å². The molecule has 2 amide bonds. The van der Waals surface area contributed by atoms with Crippen LogP contribution in [-0.4, -0.2) is 36.4 Å². The highest BCUT2D eigenvalue weighted by atomic mass is 35.5. The van der Waals surface area contributed by atoms with Gasteiger partial charge in [0.2, 0.25) is 5.91 Å². The van der Waals surface area contributed by atoms with Gasteiger partial charge in [-0.05, 0) is 6.07 Å². The van der Waals surface area contributed by atoms with E-state index in [1.54, 1.807) is 13.1 Å². The van der Waals surface area contributed by atoms with Crippen LogP contribution in [0.4, 0.5) is 5.82 Å². The first-order chi connectivity index (χ1) is 8.60. The normalized spacial score (nSPS) is 18.3. The fraction of sp³-hybridized carbons (Fsp3) is 0.364. The summed E-state index contributed by atoms with van der Waals surface area (Å²) in [6.07, 6.45) is 1.72. The quantitative estimate of drug-likeness (QED) is 0.741. The second-order valence-electron chi connectivity index (χ2n) is 3.98. The van der Waals surface area contributed by atoms with Gasteiger partial charge in [0, 0.05) is 26.2 Å². The first-order valence-electron chi connectivity index (χ1n) is 5.51. The van der Waals surface area contributed by atoms with Crippen LogP contribution in [0.2, 0.25) is 5.02 Å². The molecule has 1 aliphatic heterocycles. The summed E-state index contributed by atoms with van der Waals surface area (Å²) in [5, 5.41) is 8.52. The molecule has 0 radical (unpaired) electrons. The number of nitrogens with one attached hydrogen (secondary N) is 3. The maximum atomic E-state index is 12.0. The van der Waals surface area contributed by atoms with Crippen LogP contribution in [0, 0.1) is 0 Å². The predicted octanol–water partition coefficient (Wildman–Crippen LogP) is 0.395. The summed E-state index contributed by atoms with van der Waals surface area (Å²) in [7, 11) is 1.71. The fourth-order valence-corrected chi connectivity index (χ4v) is 1.91. The Labute approximate surface area is 109 Å². The number of hydrogen-bond donors (Lipinski definition) is 3. The van der Waals surface area contributed by atoms with Crippen molar-refractivity contribution in [3.05, 3.63) is 22.8 Å². The van der Waals surface area contributed by atoms with Crippen molar-refractivity contribution in [2.24, 2.45) is 0 Å². The van der Waals surface area contributed by atoms with Gasteiger partial charge in [-0.2, -0.15) is 0 Å². The second kappa shape index (κ2) is 5.22. The average Bonchev–Trinajstić information content (AvgIpc) is 2.75. The zero-order valence-corrected chi connectivity index (χ0v) is 10.5. The summed E-state index contributed by atoms with van der Waals surface area (Å²) in [5.74, 6) is 0.197. The van der Waals surface area contributed by atoms with Crippen molar-refractivity contribution < 1.29 is 9.59 Å². The summed E-state index contributed by atoms with van der Waals surface area (Å²) in [6, 6.07) is 1.38. The largest absolute Gasteiger partial charge is 0.373 e. The lowest BCUT2D eigenvalue weighted by molar-refractivity contribution is -0.119. The van der Waals surface area contributed by atoms with Crippen molar-refractivity contribution in [1.29, 1.82) is 0 Å². The number of halogens is 1. The smallest absolute Gasteiger partial charge is 0.253 e. The minimum atomic E-state index is -0.305. The number of carbonyl (C=O) groups excluding carboxylic acids is 2. The molecule has 2 rings (SSSR count). The molecule has 1 aliphatic rings. The summed E-state index contributed by atoms with van der Waals surface area (Å²) in [6.45, 7) is 0.451. The molecule has 0 aliphatic carbocycles. The van der Waals surface area contributed by atoms with Gasteiger partial charge in [-0.3, -0.25) is 9.59 Å². The van der Waals surface area contributed by atoms with Crippen molar-refractivity contribution in [1.82, 2.24) is 15.6 Å². The molecule has 2 heterocycles. The third kappa shape index (κ3) is 2.70. The zero-order chi connectivity index (χ0) is 13.1. The fourth-order valence-electron chi connectivity index (χ4n) is 1.72. The Hall–Kier alpha value is -1.82. The van der Waals surface area contributed by atoms with Crippen LogP contribution in [0.15, 0.2) is 12.3 Å². The molecule has 6 nitrogen and oxygen atoms in total. The average molecular weight is 269 g/mol. The molecule has 0 aromatic carbocycles. The summed E-state index contributed by atoms with van der Waals surface area (Å²) < 4.78 is 0. The van der Waals surface area contributed by atoms with E-state index in [0.29, 0.717) is 24.3 Å². The Bertz CT molecular complexity index is 492. The molecule has 0 spiro atoms. The maximum Gasteiger partial charge on any atom is 0.253 e. The van der Waals surface area contributed by atoms with Crippen LogP contribution in [0.1, 0.15) is 16.8 Å². The molecular formula is C11H13ClN4O2. The molecule has 1 saturated heterocycles. The Kier molecular flexibility index (Phi) is 3.66. The zero-order valence-electron chi connectivity index (χ0n) is 9.79. The van der Waals surface area contributed by atoms with E-state index in [1.807, 2.05) is 0 Å². The molecule has 0 bridgehead atoms. The Morgan fingerprint density at radius 2 is 2.39 bits per heavy atom. The molecule has 7 heteroatoms. The number of hydrogen-bond acceptors (Lipinski definition) is 4. The van der Waals surface area contributed by atoms with E-state index in [9.17, 15) is 9.59 Å². The number of carbonyl (C=O) groups is 2. The number of pyridine rings is 1.